The number of amides is 4. The van der Waals surface area contributed by atoms with Crippen LogP contribution in [-0.4, -0.2) is 23.6 Å². The minimum absolute atomic E-state index is 0.332. The van der Waals surface area contributed by atoms with Gasteiger partial charge in [-0.05, 0) is 38.5 Å². The fourth-order valence-electron chi connectivity index (χ4n) is 2.63. The molecule has 0 saturated carbocycles. The van der Waals surface area contributed by atoms with E-state index in [9.17, 15) is 19.2 Å². The monoisotopic (exact) mass is 310 g/mol. The van der Waals surface area contributed by atoms with Crippen LogP contribution in [-0.2, 0) is 19.2 Å². The van der Waals surface area contributed by atoms with Crippen LogP contribution in [0.25, 0.3) is 0 Å². The van der Waals surface area contributed by atoms with Crippen LogP contribution >= 0.6 is 0 Å². The van der Waals surface area contributed by atoms with Gasteiger partial charge in [-0.15, -0.1) is 0 Å². The highest BCUT2D eigenvalue weighted by Crippen LogP contribution is 2.32. The van der Waals surface area contributed by atoms with Crippen molar-refractivity contribution >= 4 is 35.0 Å². The molecule has 6 nitrogen and oxygen atoms in total. The van der Waals surface area contributed by atoms with Crippen LogP contribution in [0.4, 0.5) is 11.4 Å². The SMILES string of the molecule is CC1=CC(=O)N(c2ccc(C)c(N3C(=O)C=C(C)C3=O)c2)C1=O. The molecular weight excluding hydrogens is 296 g/mol. The van der Waals surface area contributed by atoms with Gasteiger partial charge in [0.1, 0.15) is 0 Å². The molecule has 0 spiro atoms. The summed E-state index contributed by atoms with van der Waals surface area (Å²) in [6, 6.07) is 4.80. The summed E-state index contributed by atoms with van der Waals surface area (Å²) in [5.41, 5.74) is 2.10. The van der Waals surface area contributed by atoms with Gasteiger partial charge in [0.15, 0.2) is 0 Å². The first-order valence-corrected chi connectivity index (χ1v) is 7.05. The Kier molecular flexibility index (Phi) is 3.25. The molecule has 6 heteroatoms. The van der Waals surface area contributed by atoms with E-state index in [1.807, 2.05) is 0 Å². The second-order valence-corrected chi connectivity index (χ2v) is 5.58. The lowest BCUT2D eigenvalue weighted by molar-refractivity contribution is -0.121. The lowest BCUT2D eigenvalue weighted by atomic mass is 10.1. The Bertz CT molecular complexity index is 848. The van der Waals surface area contributed by atoms with Gasteiger partial charge < -0.3 is 0 Å². The molecule has 23 heavy (non-hydrogen) atoms. The Labute approximate surface area is 132 Å². The van der Waals surface area contributed by atoms with Gasteiger partial charge in [0.2, 0.25) is 0 Å². The molecule has 0 radical (unpaired) electrons. The third-order valence-electron chi connectivity index (χ3n) is 3.89. The summed E-state index contributed by atoms with van der Waals surface area (Å²) in [5, 5.41) is 0. The molecule has 4 amide bonds. The summed E-state index contributed by atoms with van der Waals surface area (Å²) < 4.78 is 0. The first-order chi connectivity index (χ1) is 10.8. The highest BCUT2D eigenvalue weighted by molar-refractivity contribution is 6.32. The normalized spacial score (nSPS) is 18.0. The van der Waals surface area contributed by atoms with Gasteiger partial charge in [-0.25, -0.2) is 9.80 Å². The predicted molar refractivity (Wildman–Crippen MR) is 83.7 cm³/mol. The average Bonchev–Trinajstić information content (AvgIpc) is 2.88. The van der Waals surface area contributed by atoms with Crippen LogP contribution in [0.3, 0.4) is 0 Å². The summed E-state index contributed by atoms with van der Waals surface area (Å²) in [5.74, 6) is -1.67. The van der Waals surface area contributed by atoms with E-state index >= 15 is 0 Å². The molecule has 1 aromatic rings. The average molecular weight is 310 g/mol. The van der Waals surface area contributed by atoms with E-state index in [1.54, 1.807) is 32.9 Å². The van der Waals surface area contributed by atoms with E-state index in [-0.39, 0.29) is 0 Å². The number of hydrogen-bond donors (Lipinski definition) is 0. The molecule has 2 aliphatic rings. The van der Waals surface area contributed by atoms with Gasteiger partial charge in [0, 0.05) is 23.3 Å². The molecular formula is C17H14N2O4. The van der Waals surface area contributed by atoms with E-state index in [1.165, 1.54) is 18.2 Å². The fraction of sp³-hybridized carbons (Fsp3) is 0.176. The second kappa shape index (κ2) is 5.01. The first-order valence-electron chi connectivity index (χ1n) is 7.05. The Morgan fingerprint density at radius 3 is 1.74 bits per heavy atom. The topological polar surface area (TPSA) is 74.8 Å². The molecule has 2 aliphatic heterocycles. The molecule has 0 aromatic heterocycles. The van der Waals surface area contributed by atoms with Crippen LogP contribution < -0.4 is 9.80 Å². The van der Waals surface area contributed by atoms with Crippen molar-refractivity contribution in [3.05, 3.63) is 47.1 Å². The van der Waals surface area contributed by atoms with Crippen LogP contribution in [0.1, 0.15) is 19.4 Å². The van der Waals surface area contributed by atoms with Crippen molar-refractivity contribution in [3.8, 4) is 0 Å². The van der Waals surface area contributed by atoms with Crippen LogP contribution in [0.5, 0.6) is 0 Å². The number of imide groups is 2. The molecule has 0 fully saturated rings. The van der Waals surface area contributed by atoms with E-state index < -0.39 is 23.6 Å². The molecule has 1 aromatic carbocycles. The van der Waals surface area contributed by atoms with Gasteiger partial charge in [-0.2, -0.15) is 0 Å². The van der Waals surface area contributed by atoms with E-state index in [2.05, 4.69) is 0 Å². The molecule has 0 bridgehead atoms. The van der Waals surface area contributed by atoms with E-state index in [4.69, 9.17) is 0 Å². The Morgan fingerprint density at radius 2 is 1.26 bits per heavy atom. The lowest BCUT2D eigenvalue weighted by Gasteiger charge is -2.21. The number of anilines is 2. The maximum Gasteiger partial charge on any atom is 0.261 e. The second-order valence-electron chi connectivity index (χ2n) is 5.58. The lowest BCUT2D eigenvalue weighted by Crippen LogP contribution is -2.33. The standard InChI is InChI=1S/C17H14N2O4/c1-9-4-5-12(18-14(20)6-10(2)16(18)22)8-13(9)19-15(21)7-11(3)17(19)23/h4-8H,1-3H3. The van der Waals surface area contributed by atoms with Gasteiger partial charge in [0.05, 0.1) is 11.4 Å². The largest absolute Gasteiger partial charge is 0.269 e. The van der Waals surface area contributed by atoms with Crippen molar-refractivity contribution in [2.45, 2.75) is 20.8 Å². The number of nitrogens with zero attached hydrogens (tertiary/aromatic N) is 2. The first kappa shape index (κ1) is 14.9. The van der Waals surface area contributed by atoms with Crippen molar-refractivity contribution in [2.24, 2.45) is 0 Å². The molecule has 0 N–H and O–H groups in total. The Balaban J connectivity index is 2.05. The number of aryl methyl sites for hydroxylation is 1. The maximum absolute atomic E-state index is 12.2. The van der Waals surface area contributed by atoms with Crippen LogP contribution in [0.15, 0.2) is 41.5 Å². The summed E-state index contributed by atoms with van der Waals surface area (Å²) in [4.78, 5) is 50.3. The number of carbonyl (C=O) groups is 4. The highest BCUT2D eigenvalue weighted by Gasteiger charge is 2.33. The highest BCUT2D eigenvalue weighted by atomic mass is 16.2. The summed E-state index contributed by atoms with van der Waals surface area (Å²) in [6.07, 6.45) is 2.53. The maximum atomic E-state index is 12.2. The van der Waals surface area contributed by atoms with Gasteiger partial charge in [-0.3, -0.25) is 19.2 Å². The van der Waals surface area contributed by atoms with Crippen molar-refractivity contribution in [3.63, 3.8) is 0 Å². The van der Waals surface area contributed by atoms with Gasteiger partial charge >= 0.3 is 0 Å². The third-order valence-corrected chi connectivity index (χ3v) is 3.89. The van der Waals surface area contributed by atoms with Crippen molar-refractivity contribution < 1.29 is 19.2 Å². The summed E-state index contributed by atoms with van der Waals surface area (Å²) in [6.45, 7) is 4.89. The molecule has 3 rings (SSSR count). The third kappa shape index (κ3) is 2.19. The minimum Gasteiger partial charge on any atom is -0.269 e. The molecule has 116 valence electrons. The van der Waals surface area contributed by atoms with E-state index in [0.717, 1.165) is 9.80 Å². The predicted octanol–water partition coefficient (Wildman–Crippen LogP) is 1.63. The smallest absolute Gasteiger partial charge is 0.261 e. The zero-order valence-electron chi connectivity index (χ0n) is 12.9. The fourth-order valence-corrected chi connectivity index (χ4v) is 2.63. The Morgan fingerprint density at radius 1 is 0.739 bits per heavy atom. The van der Waals surface area contributed by atoms with Gasteiger partial charge in [-0.1, -0.05) is 6.07 Å². The van der Waals surface area contributed by atoms with Crippen LogP contribution in [0, 0.1) is 6.92 Å². The molecule has 0 atom stereocenters. The molecule has 0 unspecified atom stereocenters. The number of rotatable bonds is 2. The van der Waals surface area contributed by atoms with Crippen molar-refractivity contribution in [1.82, 2.24) is 0 Å². The Hall–Kier alpha value is -3.02. The van der Waals surface area contributed by atoms with Crippen molar-refractivity contribution in [2.75, 3.05) is 9.80 Å². The molecule has 0 saturated heterocycles. The summed E-state index contributed by atoms with van der Waals surface area (Å²) in [7, 11) is 0. The zero-order valence-corrected chi connectivity index (χ0v) is 12.9. The van der Waals surface area contributed by atoms with Gasteiger partial charge in [0.25, 0.3) is 23.6 Å². The molecule has 2 heterocycles. The molecule has 0 aliphatic carbocycles. The van der Waals surface area contributed by atoms with Crippen molar-refractivity contribution in [1.29, 1.82) is 0 Å². The number of hydrogen-bond acceptors (Lipinski definition) is 4. The van der Waals surface area contributed by atoms with E-state index in [0.29, 0.717) is 28.1 Å². The minimum atomic E-state index is -0.435. The van der Waals surface area contributed by atoms with Crippen LogP contribution in [0.2, 0.25) is 0 Å². The summed E-state index contributed by atoms with van der Waals surface area (Å²) >= 11 is 0. The number of benzene rings is 1. The number of carbonyl (C=O) groups excluding carboxylic acids is 4. The zero-order chi connectivity index (χ0) is 16.9. The quantitative estimate of drug-likeness (QED) is 0.778.